The van der Waals surface area contributed by atoms with Crippen molar-refractivity contribution in [2.24, 2.45) is 5.92 Å². The van der Waals surface area contributed by atoms with Crippen LogP contribution in [-0.2, 0) is 11.3 Å². The van der Waals surface area contributed by atoms with Crippen LogP contribution in [0.2, 0.25) is 0 Å². The molecule has 3 saturated heterocycles. The third kappa shape index (κ3) is 4.30. The van der Waals surface area contributed by atoms with Gasteiger partial charge in [-0.15, -0.1) is 0 Å². The Labute approximate surface area is 149 Å². The Kier molecular flexibility index (Phi) is 5.59. The predicted molar refractivity (Wildman–Crippen MR) is 95.0 cm³/mol. The molecule has 3 aliphatic heterocycles. The van der Waals surface area contributed by atoms with E-state index in [0.29, 0.717) is 25.0 Å². The molecular formula is C19H28FN3O2. The number of amides is 1. The van der Waals surface area contributed by atoms with Gasteiger partial charge in [0.25, 0.3) is 0 Å². The van der Waals surface area contributed by atoms with Gasteiger partial charge in [-0.1, -0.05) is 0 Å². The molecule has 0 saturated carbocycles. The summed E-state index contributed by atoms with van der Waals surface area (Å²) in [5.74, 6) is 1.23. The van der Waals surface area contributed by atoms with Crippen molar-refractivity contribution >= 4 is 5.91 Å². The number of benzene rings is 1. The van der Waals surface area contributed by atoms with E-state index < -0.39 is 0 Å². The molecule has 0 spiro atoms. The molecule has 3 heterocycles. The first kappa shape index (κ1) is 18.1. The predicted octanol–water partition coefficient (Wildman–Crippen LogP) is 1.82. The zero-order valence-corrected chi connectivity index (χ0v) is 15.4. The van der Waals surface area contributed by atoms with Crippen LogP contribution in [0.25, 0.3) is 0 Å². The summed E-state index contributed by atoms with van der Waals surface area (Å²) in [6, 6.07) is 5.11. The SMILES string of the molecule is COc1ccc(F)cc1CN1C[C@H]2CC[C@@H]1CN(CC(=O)N(C)C)C2. The zero-order valence-electron chi connectivity index (χ0n) is 15.4. The highest BCUT2D eigenvalue weighted by Gasteiger charge is 2.35. The number of hydrogen-bond donors (Lipinski definition) is 0. The lowest BCUT2D eigenvalue weighted by molar-refractivity contribution is -0.130. The van der Waals surface area contributed by atoms with Gasteiger partial charge in [-0.05, 0) is 37.0 Å². The normalized spacial score (nSPS) is 24.2. The van der Waals surface area contributed by atoms with Gasteiger partial charge in [-0.2, -0.15) is 0 Å². The highest BCUT2D eigenvalue weighted by Crippen LogP contribution is 2.31. The highest BCUT2D eigenvalue weighted by molar-refractivity contribution is 5.77. The molecule has 0 unspecified atom stereocenters. The van der Waals surface area contributed by atoms with Crippen LogP contribution >= 0.6 is 0 Å². The van der Waals surface area contributed by atoms with Gasteiger partial charge in [0, 0.05) is 51.9 Å². The monoisotopic (exact) mass is 349 g/mol. The van der Waals surface area contributed by atoms with Crippen molar-refractivity contribution in [1.82, 2.24) is 14.7 Å². The topological polar surface area (TPSA) is 36.0 Å². The molecule has 2 atom stereocenters. The minimum absolute atomic E-state index is 0.152. The Morgan fingerprint density at radius 1 is 1.28 bits per heavy atom. The molecule has 138 valence electrons. The Hall–Kier alpha value is -1.66. The van der Waals surface area contributed by atoms with Crippen LogP contribution in [0.15, 0.2) is 18.2 Å². The molecule has 3 fully saturated rings. The van der Waals surface area contributed by atoms with Gasteiger partial charge in [0.2, 0.25) is 5.91 Å². The summed E-state index contributed by atoms with van der Waals surface area (Å²) < 4.78 is 19.1. The number of piperidine rings is 1. The standard InChI is InChI=1S/C19H28FN3O2/c1-21(2)19(24)13-22-9-14-4-6-17(12-22)23(10-14)11-15-8-16(20)5-7-18(15)25-3/h5,7-8,14,17H,4,6,9-13H2,1-3H3/t14-,17+/m0/s1. The maximum atomic E-state index is 13.7. The summed E-state index contributed by atoms with van der Waals surface area (Å²) in [5, 5.41) is 0. The third-order valence-electron chi connectivity index (χ3n) is 5.38. The molecule has 1 aromatic rings. The number of likely N-dealkylation sites (N-methyl/N-ethyl adjacent to an activating group) is 1. The van der Waals surface area contributed by atoms with Crippen molar-refractivity contribution < 1.29 is 13.9 Å². The molecule has 25 heavy (non-hydrogen) atoms. The van der Waals surface area contributed by atoms with Gasteiger partial charge < -0.3 is 9.64 Å². The minimum atomic E-state index is -0.228. The summed E-state index contributed by atoms with van der Waals surface area (Å²) in [4.78, 5) is 18.4. The number of methoxy groups -OCH3 is 1. The molecule has 0 aliphatic carbocycles. The lowest BCUT2D eigenvalue weighted by Gasteiger charge is -2.36. The number of ether oxygens (including phenoxy) is 1. The van der Waals surface area contributed by atoms with Crippen molar-refractivity contribution in [3.63, 3.8) is 0 Å². The molecule has 3 aliphatic rings. The van der Waals surface area contributed by atoms with Crippen LogP contribution < -0.4 is 4.74 Å². The van der Waals surface area contributed by atoms with Crippen molar-refractivity contribution in [2.75, 3.05) is 47.4 Å². The van der Waals surface area contributed by atoms with Gasteiger partial charge in [0.05, 0.1) is 13.7 Å². The Balaban J connectivity index is 1.71. The summed E-state index contributed by atoms with van der Waals surface area (Å²) in [7, 11) is 5.23. The van der Waals surface area contributed by atoms with Gasteiger partial charge >= 0.3 is 0 Å². The summed E-state index contributed by atoms with van der Waals surface area (Å²) in [6.07, 6.45) is 2.34. The Morgan fingerprint density at radius 3 is 2.80 bits per heavy atom. The van der Waals surface area contributed by atoms with Crippen molar-refractivity contribution in [2.45, 2.75) is 25.4 Å². The van der Waals surface area contributed by atoms with E-state index in [1.54, 1.807) is 38.2 Å². The van der Waals surface area contributed by atoms with Crippen LogP contribution in [0, 0.1) is 11.7 Å². The first-order valence-electron chi connectivity index (χ1n) is 8.95. The second-order valence-electron chi connectivity index (χ2n) is 7.47. The average Bonchev–Trinajstić information content (AvgIpc) is 2.85. The molecule has 0 N–H and O–H groups in total. The lowest BCUT2D eigenvalue weighted by Crippen LogP contribution is -2.44. The number of hydrogen-bond acceptors (Lipinski definition) is 4. The van der Waals surface area contributed by atoms with Gasteiger partial charge in [0.1, 0.15) is 11.6 Å². The summed E-state index contributed by atoms with van der Waals surface area (Å²) in [6.45, 7) is 4.03. The van der Waals surface area contributed by atoms with E-state index in [4.69, 9.17) is 4.74 Å². The van der Waals surface area contributed by atoms with E-state index >= 15 is 0 Å². The summed E-state index contributed by atoms with van der Waals surface area (Å²) in [5.41, 5.74) is 0.894. The van der Waals surface area contributed by atoms with Crippen LogP contribution in [0.4, 0.5) is 4.39 Å². The molecular weight excluding hydrogens is 321 g/mol. The number of nitrogens with zero attached hydrogens (tertiary/aromatic N) is 3. The van der Waals surface area contributed by atoms with E-state index in [0.717, 1.165) is 37.4 Å². The molecule has 1 amide bonds. The van der Waals surface area contributed by atoms with E-state index in [-0.39, 0.29) is 11.7 Å². The maximum absolute atomic E-state index is 13.7. The van der Waals surface area contributed by atoms with E-state index in [9.17, 15) is 9.18 Å². The first-order valence-corrected chi connectivity index (χ1v) is 8.95. The second-order valence-corrected chi connectivity index (χ2v) is 7.47. The summed E-state index contributed by atoms with van der Waals surface area (Å²) >= 11 is 0. The fourth-order valence-electron chi connectivity index (χ4n) is 4.02. The average molecular weight is 349 g/mol. The van der Waals surface area contributed by atoms with Crippen molar-refractivity contribution in [1.29, 1.82) is 0 Å². The highest BCUT2D eigenvalue weighted by atomic mass is 19.1. The number of carbonyl (C=O) groups is 1. The van der Waals surface area contributed by atoms with Crippen LogP contribution in [0.1, 0.15) is 18.4 Å². The lowest BCUT2D eigenvalue weighted by atomic mass is 9.94. The molecule has 5 nitrogen and oxygen atoms in total. The number of carbonyl (C=O) groups excluding carboxylic acids is 1. The van der Waals surface area contributed by atoms with E-state index in [1.807, 2.05) is 0 Å². The fourth-order valence-corrected chi connectivity index (χ4v) is 4.02. The van der Waals surface area contributed by atoms with Crippen LogP contribution in [0.5, 0.6) is 5.75 Å². The zero-order chi connectivity index (χ0) is 18.0. The number of halogens is 1. The molecule has 0 radical (unpaired) electrons. The van der Waals surface area contributed by atoms with Gasteiger partial charge in [0.15, 0.2) is 0 Å². The molecule has 2 bridgehead atoms. The molecule has 4 rings (SSSR count). The number of fused-ring (bicyclic) bond motifs is 4. The quantitative estimate of drug-likeness (QED) is 0.812. The maximum Gasteiger partial charge on any atom is 0.236 e. The van der Waals surface area contributed by atoms with Crippen molar-refractivity contribution in [3.05, 3.63) is 29.6 Å². The number of rotatable bonds is 5. The first-order chi connectivity index (χ1) is 12.0. The smallest absolute Gasteiger partial charge is 0.236 e. The minimum Gasteiger partial charge on any atom is -0.496 e. The fraction of sp³-hybridized carbons (Fsp3) is 0.632. The molecule has 0 aromatic heterocycles. The largest absolute Gasteiger partial charge is 0.496 e. The van der Waals surface area contributed by atoms with Crippen LogP contribution in [0.3, 0.4) is 0 Å². The van der Waals surface area contributed by atoms with Gasteiger partial charge in [-0.3, -0.25) is 14.6 Å². The van der Waals surface area contributed by atoms with E-state index in [2.05, 4.69) is 9.80 Å². The molecule has 1 aromatic carbocycles. The van der Waals surface area contributed by atoms with Crippen molar-refractivity contribution in [3.8, 4) is 5.75 Å². The van der Waals surface area contributed by atoms with Gasteiger partial charge in [-0.25, -0.2) is 4.39 Å². The second kappa shape index (κ2) is 7.70. The third-order valence-corrected chi connectivity index (χ3v) is 5.38. The Bertz CT molecular complexity index is 623. The molecule has 6 heteroatoms. The Morgan fingerprint density at radius 2 is 2.08 bits per heavy atom. The van der Waals surface area contributed by atoms with E-state index in [1.165, 1.54) is 12.5 Å². The van der Waals surface area contributed by atoms with Crippen LogP contribution in [-0.4, -0.2) is 74.0 Å².